The molecular formula is C30H34O11. The topological polar surface area (TPSA) is 141 Å². The lowest BCUT2D eigenvalue weighted by Gasteiger charge is -2.44. The van der Waals surface area contributed by atoms with Gasteiger partial charge >= 0.3 is 29.8 Å². The predicted molar refractivity (Wildman–Crippen MR) is 143 cm³/mol. The largest absolute Gasteiger partial charge is 0.463 e. The zero-order valence-corrected chi connectivity index (χ0v) is 23.8. The number of benzene rings is 2. The van der Waals surface area contributed by atoms with Crippen molar-refractivity contribution in [3.8, 4) is 5.75 Å². The van der Waals surface area contributed by atoms with Crippen LogP contribution in [0.15, 0.2) is 42.5 Å². The lowest BCUT2D eigenvalue weighted by molar-refractivity contribution is -0.254. The Hall–Kier alpha value is -4.25. The Morgan fingerprint density at radius 1 is 0.707 bits per heavy atom. The van der Waals surface area contributed by atoms with E-state index in [0.29, 0.717) is 17.7 Å². The van der Waals surface area contributed by atoms with Crippen molar-refractivity contribution in [2.75, 3.05) is 6.61 Å². The van der Waals surface area contributed by atoms with Crippen molar-refractivity contribution in [3.63, 3.8) is 0 Å². The summed E-state index contributed by atoms with van der Waals surface area (Å²) < 4.78 is 33.2. The van der Waals surface area contributed by atoms with Gasteiger partial charge in [0.25, 0.3) is 0 Å². The summed E-state index contributed by atoms with van der Waals surface area (Å²) in [4.78, 5) is 59.1. The molecule has 2 aromatic carbocycles. The highest BCUT2D eigenvalue weighted by molar-refractivity contribution is 5.69. The summed E-state index contributed by atoms with van der Waals surface area (Å²) in [6, 6.07) is 12.7. The molecule has 41 heavy (non-hydrogen) atoms. The second kappa shape index (κ2) is 13.9. The smallest absolute Gasteiger partial charge is 0.308 e. The van der Waals surface area contributed by atoms with Gasteiger partial charge in [0.15, 0.2) is 18.3 Å². The van der Waals surface area contributed by atoms with E-state index in [0.717, 1.165) is 16.7 Å². The van der Waals surface area contributed by atoms with Crippen LogP contribution in [0.4, 0.5) is 0 Å². The van der Waals surface area contributed by atoms with Crippen LogP contribution in [0.25, 0.3) is 0 Å². The van der Waals surface area contributed by atoms with E-state index in [9.17, 15) is 24.0 Å². The van der Waals surface area contributed by atoms with E-state index in [1.807, 2.05) is 31.2 Å². The SMILES string of the molecule is CC(=O)OC[C@H]1OC(c2ccc(C)c(Cc3ccc(OC(C)=O)cc3)c2)[C@H](OC(C)=O)[C@@H](OC(C)=O)[C@@H]1OC(C)=O. The molecule has 1 aliphatic heterocycles. The van der Waals surface area contributed by atoms with Gasteiger partial charge in [-0.25, -0.2) is 0 Å². The number of hydrogen-bond acceptors (Lipinski definition) is 11. The Kier molecular flexibility index (Phi) is 10.6. The molecule has 0 amide bonds. The van der Waals surface area contributed by atoms with Crippen LogP contribution in [0.1, 0.15) is 63.0 Å². The van der Waals surface area contributed by atoms with Crippen LogP contribution in [0.3, 0.4) is 0 Å². The van der Waals surface area contributed by atoms with Gasteiger partial charge in [0.05, 0.1) is 0 Å². The average Bonchev–Trinajstić information content (AvgIpc) is 2.86. The van der Waals surface area contributed by atoms with Crippen LogP contribution in [0.2, 0.25) is 0 Å². The van der Waals surface area contributed by atoms with E-state index >= 15 is 0 Å². The van der Waals surface area contributed by atoms with Crippen LogP contribution in [-0.2, 0) is 54.1 Å². The minimum atomic E-state index is -1.25. The van der Waals surface area contributed by atoms with Crippen LogP contribution >= 0.6 is 0 Å². The van der Waals surface area contributed by atoms with E-state index in [1.165, 1.54) is 34.6 Å². The molecule has 5 atom stereocenters. The molecular weight excluding hydrogens is 536 g/mol. The third-order valence-corrected chi connectivity index (χ3v) is 6.27. The van der Waals surface area contributed by atoms with Gasteiger partial charge in [-0.1, -0.05) is 30.3 Å². The van der Waals surface area contributed by atoms with E-state index in [-0.39, 0.29) is 6.61 Å². The Morgan fingerprint density at radius 3 is 1.85 bits per heavy atom. The number of hydrogen-bond donors (Lipinski definition) is 0. The van der Waals surface area contributed by atoms with Gasteiger partial charge in [-0.3, -0.25) is 24.0 Å². The number of rotatable bonds is 9. The first kappa shape index (κ1) is 31.3. The number of carbonyl (C=O) groups excluding carboxylic acids is 5. The van der Waals surface area contributed by atoms with Crippen molar-refractivity contribution in [1.29, 1.82) is 0 Å². The van der Waals surface area contributed by atoms with Gasteiger partial charge in [-0.15, -0.1) is 0 Å². The molecule has 1 heterocycles. The van der Waals surface area contributed by atoms with Crippen molar-refractivity contribution in [2.24, 2.45) is 0 Å². The molecule has 0 spiro atoms. The van der Waals surface area contributed by atoms with Gasteiger partial charge in [0, 0.05) is 34.6 Å². The number of carbonyl (C=O) groups is 5. The molecule has 3 rings (SSSR count). The molecule has 0 aromatic heterocycles. The van der Waals surface area contributed by atoms with Crippen molar-refractivity contribution in [3.05, 3.63) is 64.7 Å². The summed E-state index contributed by atoms with van der Waals surface area (Å²) in [5, 5.41) is 0. The molecule has 1 unspecified atom stereocenters. The number of esters is 5. The minimum Gasteiger partial charge on any atom is -0.463 e. The molecule has 11 heteroatoms. The van der Waals surface area contributed by atoms with E-state index in [2.05, 4.69) is 0 Å². The summed E-state index contributed by atoms with van der Waals surface area (Å²) >= 11 is 0. The van der Waals surface area contributed by atoms with Crippen molar-refractivity contribution < 1.29 is 52.4 Å². The monoisotopic (exact) mass is 570 g/mol. The van der Waals surface area contributed by atoms with Crippen molar-refractivity contribution in [1.82, 2.24) is 0 Å². The predicted octanol–water partition coefficient (Wildman–Crippen LogP) is 3.31. The molecule has 1 saturated heterocycles. The van der Waals surface area contributed by atoms with Crippen molar-refractivity contribution in [2.45, 2.75) is 78.5 Å². The molecule has 0 aliphatic carbocycles. The Balaban J connectivity index is 2.02. The molecule has 0 saturated carbocycles. The first-order chi connectivity index (χ1) is 19.3. The van der Waals surface area contributed by atoms with Crippen LogP contribution in [-0.4, -0.2) is 60.9 Å². The summed E-state index contributed by atoms with van der Waals surface area (Å²) in [6.07, 6.45) is -5.15. The second-order valence-corrected chi connectivity index (χ2v) is 9.72. The van der Waals surface area contributed by atoms with Gasteiger partial charge < -0.3 is 28.4 Å². The maximum Gasteiger partial charge on any atom is 0.308 e. The van der Waals surface area contributed by atoms with Crippen molar-refractivity contribution >= 4 is 29.8 Å². The molecule has 0 N–H and O–H groups in total. The van der Waals surface area contributed by atoms with Gasteiger partial charge in [-0.05, 0) is 47.7 Å². The van der Waals surface area contributed by atoms with E-state index in [4.69, 9.17) is 28.4 Å². The molecule has 0 radical (unpaired) electrons. The van der Waals surface area contributed by atoms with Crippen LogP contribution < -0.4 is 4.74 Å². The quantitative estimate of drug-likeness (QED) is 0.249. The third-order valence-electron chi connectivity index (χ3n) is 6.27. The Bertz CT molecular complexity index is 1280. The fourth-order valence-electron chi connectivity index (χ4n) is 4.62. The summed E-state index contributed by atoms with van der Waals surface area (Å²) in [6.45, 7) is 7.74. The molecule has 1 aliphatic rings. The fourth-order valence-corrected chi connectivity index (χ4v) is 4.62. The second-order valence-electron chi connectivity index (χ2n) is 9.72. The third kappa shape index (κ3) is 8.87. The molecule has 2 aromatic rings. The fraction of sp³-hybridized carbons (Fsp3) is 0.433. The molecule has 0 bridgehead atoms. The van der Waals surface area contributed by atoms with Gasteiger partial charge in [0.1, 0.15) is 24.6 Å². The molecule has 1 fully saturated rings. The maximum atomic E-state index is 12.2. The highest BCUT2D eigenvalue weighted by Crippen LogP contribution is 2.38. The first-order valence-corrected chi connectivity index (χ1v) is 13.0. The average molecular weight is 571 g/mol. The summed E-state index contributed by atoms with van der Waals surface area (Å²) in [5.74, 6) is -2.62. The highest BCUT2D eigenvalue weighted by atomic mass is 16.7. The lowest BCUT2D eigenvalue weighted by Crippen LogP contribution is -2.59. The van der Waals surface area contributed by atoms with Crippen LogP contribution in [0.5, 0.6) is 5.75 Å². The van der Waals surface area contributed by atoms with E-state index in [1.54, 1.807) is 18.2 Å². The Labute approximate surface area is 238 Å². The zero-order chi connectivity index (χ0) is 30.3. The first-order valence-electron chi connectivity index (χ1n) is 13.0. The zero-order valence-electron chi connectivity index (χ0n) is 23.8. The number of ether oxygens (including phenoxy) is 6. The summed E-state index contributed by atoms with van der Waals surface area (Å²) in [7, 11) is 0. The minimum absolute atomic E-state index is 0.304. The van der Waals surface area contributed by atoms with Gasteiger partial charge in [0.2, 0.25) is 0 Å². The molecule has 220 valence electrons. The lowest BCUT2D eigenvalue weighted by atomic mass is 9.88. The summed E-state index contributed by atoms with van der Waals surface area (Å²) in [5.41, 5.74) is 3.45. The number of aryl methyl sites for hydroxylation is 1. The normalized spacial score (nSPS) is 21.8. The molecule has 11 nitrogen and oxygen atoms in total. The Morgan fingerprint density at radius 2 is 1.29 bits per heavy atom. The standard InChI is InChI=1S/C30H34O11/c1-16-7-10-23(14-24(16)13-22-8-11-25(12-9-22)37-18(3)32)27-29(39-20(5)34)30(40-21(6)35)28(38-19(4)33)26(41-27)15-36-17(2)31/h7-12,14,26-30H,13,15H2,1-6H3/t26-,27?,28-,29+,30+/m1/s1. The maximum absolute atomic E-state index is 12.2. The highest BCUT2D eigenvalue weighted by Gasteiger charge is 2.52. The van der Waals surface area contributed by atoms with E-state index < -0.39 is 60.4 Å². The van der Waals surface area contributed by atoms with Crippen LogP contribution in [0, 0.1) is 6.92 Å². The van der Waals surface area contributed by atoms with Gasteiger partial charge in [-0.2, -0.15) is 0 Å².